The van der Waals surface area contributed by atoms with E-state index in [-0.39, 0.29) is 11.8 Å². The van der Waals surface area contributed by atoms with E-state index >= 15 is 0 Å². The Kier molecular flexibility index (Phi) is 6.24. The van der Waals surface area contributed by atoms with Gasteiger partial charge >= 0.3 is 5.97 Å². The van der Waals surface area contributed by atoms with Gasteiger partial charge in [-0.1, -0.05) is 30.3 Å². The zero-order chi connectivity index (χ0) is 19.4. The molecule has 2 aromatic carbocycles. The largest absolute Gasteiger partial charge is 0.465 e. The van der Waals surface area contributed by atoms with E-state index in [4.69, 9.17) is 4.74 Å². The highest BCUT2D eigenvalue weighted by molar-refractivity contribution is 5.89. The van der Waals surface area contributed by atoms with Crippen molar-refractivity contribution in [2.75, 3.05) is 20.2 Å². The van der Waals surface area contributed by atoms with Gasteiger partial charge in [0, 0.05) is 43.8 Å². The van der Waals surface area contributed by atoms with Gasteiger partial charge in [0.25, 0.3) is 0 Å². The summed E-state index contributed by atoms with van der Waals surface area (Å²) in [5, 5.41) is 0. The number of hydrogen-bond donors (Lipinski definition) is 0. The molecule has 3 rings (SSSR count). The minimum absolute atomic E-state index is 0.134. The van der Waals surface area contributed by atoms with Crippen LogP contribution >= 0.6 is 0 Å². The maximum absolute atomic E-state index is 14.0. The van der Waals surface area contributed by atoms with Crippen LogP contribution in [0.5, 0.6) is 0 Å². The van der Waals surface area contributed by atoms with Crippen LogP contribution in [0.1, 0.15) is 35.3 Å². The van der Waals surface area contributed by atoms with Crippen molar-refractivity contribution >= 4 is 5.97 Å². The average Bonchev–Trinajstić information content (AvgIpc) is 2.66. The molecule has 0 aliphatic carbocycles. The third-order valence-corrected chi connectivity index (χ3v) is 5.27. The molecular formula is C22H27FN2O2. The molecule has 5 heteroatoms. The fourth-order valence-corrected chi connectivity index (χ4v) is 3.85. The van der Waals surface area contributed by atoms with E-state index in [1.165, 1.54) is 18.7 Å². The SMILES string of the molecule is COC(=O)c1ccc(CN2C[C@@H](C)N(Cc3ccccc3F)[C@@H](C)C2)cc1. The number of halogens is 1. The molecule has 0 bridgehead atoms. The zero-order valence-corrected chi connectivity index (χ0v) is 16.2. The van der Waals surface area contributed by atoms with Crippen molar-refractivity contribution in [3.8, 4) is 0 Å². The minimum Gasteiger partial charge on any atom is -0.465 e. The first kappa shape index (κ1) is 19.5. The van der Waals surface area contributed by atoms with Crippen LogP contribution in [0.2, 0.25) is 0 Å². The molecule has 144 valence electrons. The third-order valence-electron chi connectivity index (χ3n) is 5.27. The Morgan fingerprint density at radius 3 is 2.26 bits per heavy atom. The highest BCUT2D eigenvalue weighted by atomic mass is 19.1. The molecule has 27 heavy (non-hydrogen) atoms. The van der Waals surface area contributed by atoms with E-state index in [0.717, 1.165) is 25.2 Å². The lowest BCUT2D eigenvalue weighted by Crippen LogP contribution is -2.55. The Hall–Kier alpha value is -2.24. The second kappa shape index (κ2) is 8.63. The standard InChI is InChI=1S/C22H27FN2O2/c1-16-12-24(14-18-8-10-19(11-9-18)22(26)27-3)13-17(2)25(16)15-20-6-4-5-7-21(20)23/h4-11,16-17H,12-15H2,1-3H3/t16-,17+. The Labute approximate surface area is 160 Å². The number of ether oxygens (including phenoxy) is 1. The summed E-state index contributed by atoms with van der Waals surface area (Å²) in [4.78, 5) is 16.3. The molecule has 1 heterocycles. The maximum Gasteiger partial charge on any atom is 0.337 e. The lowest BCUT2D eigenvalue weighted by Gasteiger charge is -2.44. The molecule has 1 fully saturated rings. The number of nitrogens with zero attached hydrogens (tertiary/aromatic N) is 2. The number of methoxy groups -OCH3 is 1. The van der Waals surface area contributed by atoms with Gasteiger partial charge in [0.2, 0.25) is 0 Å². The van der Waals surface area contributed by atoms with Gasteiger partial charge in [0.1, 0.15) is 5.82 Å². The highest BCUT2D eigenvalue weighted by Gasteiger charge is 2.29. The topological polar surface area (TPSA) is 32.8 Å². The summed E-state index contributed by atoms with van der Waals surface area (Å²) in [6.45, 7) is 7.73. The van der Waals surface area contributed by atoms with Gasteiger partial charge < -0.3 is 4.74 Å². The number of hydrogen-bond acceptors (Lipinski definition) is 4. The minimum atomic E-state index is -0.314. The molecule has 2 atom stereocenters. The van der Waals surface area contributed by atoms with Crippen LogP contribution in [-0.2, 0) is 17.8 Å². The number of piperazine rings is 1. The first-order chi connectivity index (χ1) is 13.0. The van der Waals surface area contributed by atoms with Gasteiger partial charge in [-0.2, -0.15) is 0 Å². The first-order valence-corrected chi connectivity index (χ1v) is 9.36. The van der Waals surface area contributed by atoms with Gasteiger partial charge in [0.05, 0.1) is 12.7 Å². The van der Waals surface area contributed by atoms with E-state index in [2.05, 4.69) is 23.6 Å². The summed E-state index contributed by atoms with van der Waals surface area (Å²) in [6.07, 6.45) is 0. The van der Waals surface area contributed by atoms with Crippen LogP contribution < -0.4 is 0 Å². The van der Waals surface area contributed by atoms with Gasteiger partial charge in [-0.3, -0.25) is 9.80 Å². The molecule has 0 N–H and O–H groups in total. The smallest absolute Gasteiger partial charge is 0.337 e. The molecular weight excluding hydrogens is 343 g/mol. The predicted molar refractivity (Wildman–Crippen MR) is 104 cm³/mol. The van der Waals surface area contributed by atoms with Gasteiger partial charge in [-0.05, 0) is 37.6 Å². The average molecular weight is 370 g/mol. The number of esters is 1. The lowest BCUT2D eigenvalue weighted by molar-refractivity contribution is 0.0283. The second-order valence-electron chi connectivity index (χ2n) is 7.34. The molecule has 0 aromatic heterocycles. The molecule has 1 aliphatic rings. The summed E-state index contributed by atoms with van der Waals surface area (Å²) < 4.78 is 18.7. The number of rotatable bonds is 5. The van der Waals surface area contributed by atoms with Crippen LogP contribution in [0.3, 0.4) is 0 Å². The molecule has 2 aromatic rings. The molecule has 0 saturated carbocycles. The summed E-state index contributed by atoms with van der Waals surface area (Å²) in [6, 6.07) is 15.3. The van der Waals surface area contributed by atoms with Crippen molar-refractivity contribution < 1.29 is 13.9 Å². The molecule has 1 aliphatic heterocycles. The van der Waals surface area contributed by atoms with Gasteiger partial charge in [0.15, 0.2) is 0 Å². The quantitative estimate of drug-likeness (QED) is 0.751. The molecule has 4 nitrogen and oxygen atoms in total. The van der Waals surface area contributed by atoms with Crippen LogP contribution in [0.4, 0.5) is 4.39 Å². The van der Waals surface area contributed by atoms with E-state index in [0.29, 0.717) is 24.2 Å². The third kappa shape index (κ3) is 4.73. The van der Waals surface area contributed by atoms with E-state index in [9.17, 15) is 9.18 Å². The predicted octanol–water partition coefficient (Wildman–Crippen LogP) is 3.71. The Morgan fingerprint density at radius 2 is 1.67 bits per heavy atom. The van der Waals surface area contributed by atoms with E-state index < -0.39 is 0 Å². The highest BCUT2D eigenvalue weighted by Crippen LogP contribution is 2.22. The molecule has 0 amide bonds. The van der Waals surface area contributed by atoms with Crippen LogP contribution in [0.25, 0.3) is 0 Å². The summed E-state index contributed by atoms with van der Waals surface area (Å²) >= 11 is 0. The van der Waals surface area contributed by atoms with Gasteiger partial charge in [-0.15, -0.1) is 0 Å². The van der Waals surface area contributed by atoms with Crippen molar-refractivity contribution in [1.82, 2.24) is 9.80 Å². The van der Waals surface area contributed by atoms with Crippen molar-refractivity contribution in [1.29, 1.82) is 0 Å². The van der Waals surface area contributed by atoms with Gasteiger partial charge in [-0.25, -0.2) is 9.18 Å². The van der Waals surface area contributed by atoms with Crippen LogP contribution in [-0.4, -0.2) is 48.1 Å². The van der Waals surface area contributed by atoms with Crippen molar-refractivity contribution in [2.45, 2.75) is 39.0 Å². The van der Waals surface area contributed by atoms with Crippen LogP contribution in [0, 0.1) is 5.82 Å². The normalized spacial score (nSPS) is 21.2. The molecule has 0 unspecified atom stereocenters. The fraction of sp³-hybridized carbons (Fsp3) is 0.409. The van der Waals surface area contributed by atoms with Crippen molar-refractivity contribution in [3.63, 3.8) is 0 Å². The van der Waals surface area contributed by atoms with E-state index in [1.807, 2.05) is 36.4 Å². The summed E-state index contributed by atoms with van der Waals surface area (Å²) in [5.41, 5.74) is 2.49. The van der Waals surface area contributed by atoms with Crippen LogP contribution in [0.15, 0.2) is 48.5 Å². The van der Waals surface area contributed by atoms with Crippen molar-refractivity contribution in [3.05, 3.63) is 71.0 Å². The maximum atomic E-state index is 14.0. The summed E-state index contributed by atoms with van der Waals surface area (Å²) in [7, 11) is 1.39. The molecule has 1 saturated heterocycles. The Balaban J connectivity index is 1.61. The van der Waals surface area contributed by atoms with E-state index in [1.54, 1.807) is 6.07 Å². The summed E-state index contributed by atoms with van der Waals surface area (Å²) in [5.74, 6) is -0.449. The monoisotopic (exact) mass is 370 g/mol. The number of carbonyl (C=O) groups is 1. The number of carbonyl (C=O) groups excluding carboxylic acids is 1. The fourth-order valence-electron chi connectivity index (χ4n) is 3.85. The van der Waals surface area contributed by atoms with Crippen molar-refractivity contribution in [2.24, 2.45) is 0 Å². The molecule has 0 radical (unpaired) electrons. The first-order valence-electron chi connectivity index (χ1n) is 9.36. The Morgan fingerprint density at radius 1 is 1.04 bits per heavy atom. The zero-order valence-electron chi connectivity index (χ0n) is 16.2. The molecule has 0 spiro atoms. The number of benzene rings is 2. The second-order valence-corrected chi connectivity index (χ2v) is 7.34. The Bertz CT molecular complexity index is 766. The lowest BCUT2D eigenvalue weighted by atomic mass is 10.0.